The van der Waals surface area contributed by atoms with Gasteiger partial charge in [-0.05, 0) is 43.4 Å². The van der Waals surface area contributed by atoms with Gasteiger partial charge in [-0.25, -0.2) is 14.3 Å². The molecule has 3 aromatic carbocycles. The fourth-order valence-corrected chi connectivity index (χ4v) is 7.96. The van der Waals surface area contributed by atoms with Crippen molar-refractivity contribution >= 4 is 59.3 Å². The molecule has 1 fully saturated rings. The first-order chi connectivity index (χ1) is 21.6. The molecule has 2 heterocycles. The minimum Gasteiger partial charge on any atom is -0.468 e. The summed E-state index contributed by atoms with van der Waals surface area (Å²) in [7, 11) is -2.56. The summed E-state index contributed by atoms with van der Waals surface area (Å²) in [4.78, 5) is 38.5. The number of ketones is 1. The smallest absolute Gasteiger partial charge is 0.393 e. The third-order valence-corrected chi connectivity index (χ3v) is 10.5. The number of esters is 1. The Kier molecular flexibility index (Phi) is 10.3. The molecule has 0 spiro atoms. The summed E-state index contributed by atoms with van der Waals surface area (Å²) >= 11 is 12.4. The number of Topliss-reactive ketones (excluding diaryl/α,β-unsaturated/α-hetero) is 1. The van der Waals surface area contributed by atoms with Crippen LogP contribution in [0.3, 0.4) is 0 Å². The summed E-state index contributed by atoms with van der Waals surface area (Å²) in [5.41, 5.74) is 0.749. The summed E-state index contributed by atoms with van der Waals surface area (Å²) in [6.45, 7) is 2.16. The van der Waals surface area contributed by atoms with E-state index in [1.54, 1.807) is 35.9 Å². The molecule has 0 saturated carbocycles. The maximum absolute atomic E-state index is 14.5. The topological polar surface area (TPSA) is 143 Å². The Hall–Kier alpha value is -3.73. The minimum atomic E-state index is -3.82. The Morgan fingerprint density at radius 1 is 1.04 bits per heavy atom. The lowest BCUT2D eigenvalue weighted by molar-refractivity contribution is -0.142. The van der Waals surface area contributed by atoms with Crippen LogP contribution in [-0.4, -0.2) is 64.8 Å². The number of piperidine rings is 1. The van der Waals surface area contributed by atoms with Crippen molar-refractivity contribution in [2.45, 2.75) is 38.3 Å². The van der Waals surface area contributed by atoms with Gasteiger partial charge in [0, 0.05) is 36.5 Å². The number of halogens is 2. The van der Waals surface area contributed by atoms with Crippen LogP contribution in [-0.2, 0) is 20.5 Å². The number of carbonyl (C=O) groups is 3. The van der Waals surface area contributed by atoms with E-state index in [2.05, 4.69) is 20.6 Å². The summed E-state index contributed by atoms with van der Waals surface area (Å²) in [6, 6.07) is 16.7. The van der Waals surface area contributed by atoms with E-state index in [-0.39, 0.29) is 39.5 Å². The number of nitrogens with one attached hydrogen (secondary N) is 3. The predicted octanol–water partition coefficient (Wildman–Crippen LogP) is 5.83. The predicted molar refractivity (Wildman–Crippen MR) is 172 cm³/mol. The van der Waals surface area contributed by atoms with Gasteiger partial charge in [0.1, 0.15) is 17.5 Å². The van der Waals surface area contributed by atoms with Gasteiger partial charge >= 0.3 is 13.6 Å². The average Bonchev–Trinajstić information content (AvgIpc) is 3.49. The van der Waals surface area contributed by atoms with Crippen LogP contribution in [0.15, 0.2) is 66.9 Å². The number of nitrogens with zero attached hydrogens (tertiary/aromatic N) is 2. The number of benzene rings is 3. The highest BCUT2D eigenvalue weighted by atomic mass is 35.5. The molecule has 1 aliphatic heterocycles. The van der Waals surface area contributed by atoms with Gasteiger partial charge < -0.3 is 14.6 Å². The molecule has 1 unspecified atom stereocenters. The molecule has 1 amide bonds. The van der Waals surface area contributed by atoms with Gasteiger partial charge in [0.25, 0.3) is 5.91 Å². The number of hydrogen-bond donors (Lipinski definition) is 3. The summed E-state index contributed by atoms with van der Waals surface area (Å²) < 4.78 is 27.2. The average molecular weight is 673 g/mol. The largest absolute Gasteiger partial charge is 0.468 e. The van der Waals surface area contributed by atoms with Gasteiger partial charge in [0.2, 0.25) is 0 Å². The Morgan fingerprint density at radius 3 is 2.42 bits per heavy atom. The lowest BCUT2D eigenvalue weighted by Gasteiger charge is -2.37. The van der Waals surface area contributed by atoms with Crippen molar-refractivity contribution in [1.82, 2.24) is 25.3 Å². The van der Waals surface area contributed by atoms with Gasteiger partial charge in [0.05, 0.1) is 28.9 Å². The zero-order valence-corrected chi connectivity index (χ0v) is 27.0. The Morgan fingerprint density at radius 2 is 1.71 bits per heavy atom. The number of rotatable bonds is 11. The Bertz CT molecular complexity index is 1750. The molecular weight excluding hydrogens is 640 g/mol. The number of hydrogen-bond acceptors (Lipinski definition) is 7. The van der Waals surface area contributed by atoms with E-state index < -0.39 is 25.6 Å². The lowest BCUT2D eigenvalue weighted by atomic mass is 10.0. The number of aromatic amines is 1. The van der Waals surface area contributed by atoms with E-state index in [9.17, 15) is 18.9 Å². The second-order valence-corrected chi connectivity index (χ2v) is 13.5. The number of amides is 1. The van der Waals surface area contributed by atoms with Crippen LogP contribution in [0.25, 0.3) is 10.8 Å². The number of H-pyrrole nitrogens is 1. The first-order valence-corrected chi connectivity index (χ1v) is 16.6. The normalized spacial score (nSPS) is 16.1. The molecule has 11 nitrogen and oxygen atoms in total. The number of fused-ring (bicyclic) bond motifs is 1. The second kappa shape index (κ2) is 14.1. The molecule has 0 aliphatic carbocycles. The molecule has 0 bridgehead atoms. The number of carbonyl (C=O) groups excluding carboxylic acids is 3. The maximum atomic E-state index is 14.5. The van der Waals surface area contributed by atoms with Gasteiger partial charge in [0.15, 0.2) is 5.78 Å². The zero-order chi connectivity index (χ0) is 32.1. The first kappa shape index (κ1) is 32.7. The molecule has 3 N–H and O–H groups in total. The standard InChI is InChI=1S/C31H32Cl2N5O6P/c1-19(31(41)43-2)37-45(42,44-27-12-5-8-20-7-3-4-9-23(20)27)38-15-13-22(14-16-38)35-30(40)29-21(18-34-36-29)17-26(39)28-24(32)10-6-11-25(28)33/h3-12,18-19,22H,13-17H2,1-2H3,(H,34,36)(H,35,40)(H,37,42)/t19-,45?/m0/s1. The minimum absolute atomic E-state index is 0.125. The van der Waals surface area contributed by atoms with Crippen molar-refractivity contribution in [3.63, 3.8) is 0 Å². The van der Waals surface area contributed by atoms with Gasteiger partial charge in [-0.2, -0.15) is 5.10 Å². The summed E-state index contributed by atoms with van der Waals surface area (Å²) in [6.07, 6.45) is 2.19. The van der Waals surface area contributed by atoms with E-state index in [1.807, 2.05) is 36.4 Å². The van der Waals surface area contributed by atoms with Crippen LogP contribution in [0, 0.1) is 0 Å². The third kappa shape index (κ3) is 7.40. The van der Waals surface area contributed by atoms with E-state index >= 15 is 0 Å². The van der Waals surface area contributed by atoms with Gasteiger partial charge in [-0.3, -0.25) is 19.5 Å². The number of aromatic nitrogens is 2. The van der Waals surface area contributed by atoms with Crippen LogP contribution in [0.5, 0.6) is 5.75 Å². The molecule has 5 rings (SSSR count). The number of methoxy groups -OCH3 is 1. The van der Waals surface area contributed by atoms with Crippen LogP contribution in [0.4, 0.5) is 0 Å². The second-order valence-electron chi connectivity index (χ2n) is 10.6. The van der Waals surface area contributed by atoms with Crippen LogP contribution in [0.2, 0.25) is 10.0 Å². The van der Waals surface area contributed by atoms with Crippen LogP contribution < -0.4 is 14.9 Å². The van der Waals surface area contributed by atoms with Crippen LogP contribution >= 0.6 is 30.9 Å². The molecule has 1 aromatic heterocycles. The van der Waals surface area contributed by atoms with Crippen molar-refractivity contribution in [3.8, 4) is 5.75 Å². The zero-order valence-electron chi connectivity index (χ0n) is 24.6. The quantitative estimate of drug-likeness (QED) is 0.102. The fraction of sp³-hybridized carbons (Fsp3) is 0.290. The maximum Gasteiger partial charge on any atom is 0.393 e. The third-order valence-electron chi connectivity index (χ3n) is 7.60. The first-order valence-electron chi connectivity index (χ1n) is 14.3. The molecule has 2 atom stereocenters. The summed E-state index contributed by atoms with van der Waals surface area (Å²) in [5.74, 6) is -0.933. The molecule has 1 saturated heterocycles. The molecule has 45 heavy (non-hydrogen) atoms. The monoisotopic (exact) mass is 671 g/mol. The van der Waals surface area contributed by atoms with Crippen molar-refractivity contribution < 1.29 is 28.2 Å². The molecule has 0 radical (unpaired) electrons. The SMILES string of the molecule is COC(=O)[C@H](C)NP(=O)(Oc1cccc2ccccc12)N1CCC(NC(=O)c2[nH]ncc2CC(=O)c2c(Cl)cccc2Cl)CC1. The molecule has 1 aliphatic rings. The molecule has 236 valence electrons. The van der Waals surface area contributed by atoms with E-state index in [0.717, 1.165) is 10.8 Å². The Labute approximate surface area is 270 Å². The highest BCUT2D eigenvalue weighted by Gasteiger charge is 2.40. The van der Waals surface area contributed by atoms with Crippen molar-refractivity contribution in [2.75, 3.05) is 20.2 Å². The van der Waals surface area contributed by atoms with E-state index in [1.165, 1.54) is 13.3 Å². The highest BCUT2D eigenvalue weighted by Crippen LogP contribution is 2.50. The van der Waals surface area contributed by atoms with Gasteiger partial charge in [-0.1, -0.05) is 65.7 Å². The van der Waals surface area contributed by atoms with Crippen molar-refractivity contribution in [2.24, 2.45) is 0 Å². The van der Waals surface area contributed by atoms with E-state index in [4.69, 9.17) is 32.5 Å². The molecular formula is C31H32Cl2N5O6P. The fourth-order valence-electron chi connectivity index (χ4n) is 5.25. The van der Waals surface area contributed by atoms with Crippen LogP contribution in [0.1, 0.15) is 46.2 Å². The Balaban J connectivity index is 1.27. The van der Waals surface area contributed by atoms with Gasteiger partial charge in [-0.15, -0.1) is 0 Å². The molecule has 4 aromatic rings. The summed E-state index contributed by atoms with van der Waals surface area (Å²) in [5, 5.41) is 14.7. The lowest BCUT2D eigenvalue weighted by Crippen LogP contribution is -2.47. The van der Waals surface area contributed by atoms with Crippen molar-refractivity contribution in [1.29, 1.82) is 0 Å². The highest BCUT2D eigenvalue weighted by molar-refractivity contribution is 7.54. The molecule has 14 heteroatoms. The number of ether oxygens (including phenoxy) is 1. The van der Waals surface area contributed by atoms with Crippen molar-refractivity contribution in [3.05, 3.63) is 93.7 Å². The van der Waals surface area contributed by atoms with E-state index in [0.29, 0.717) is 37.2 Å².